The van der Waals surface area contributed by atoms with Crippen LogP contribution in [-0.4, -0.2) is 25.1 Å². The Morgan fingerprint density at radius 2 is 1.43 bits per heavy atom. The van der Waals surface area contributed by atoms with Crippen LogP contribution in [0.2, 0.25) is 0 Å². The zero-order valence-electron chi connectivity index (χ0n) is 18.0. The number of benzene rings is 1. The summed E-state index contributed by atoms with van der Waals surface area (Å²) in [7, 11) is 0. The summed E-state index contributed by atoms with van der Waals surface area (Å²) < 4.78 is 5.54. The molecule has 0 aliphatic rings. The van der Waals surface area contributed by atoms with Crippen molar-refractivity contribution in [2.24, 2.45) is 5.73 Å². The van der Waals surface area contributed by atoms with Gasteiger partial charge in [0.15, 0.2) is 0 Å². The second kappa shape index (κ2) is 17.7. The topological polar surface area (TPSA) is 64.4 Å². The van der Waals surface area contributed by atoms with Crippen molar-refractivity contribution in [3.8, 4) is 0 Å². The van der Waals surface area contributed by atoms with Gasteiger partial charge >= 0.3 is 0 Å². The van der Waals surface area contributed by atoms with Gasteiger partial charge in [-0.3, -0.25) is 4.79 Å². The zero-order chi connectivity index (χ0) is 20.3. The summed E-state index contributed by atoms with van der Waals surface area (Å²) in [5, 5.41) is 2.92. The lowest BCUT2D eigenvalue weighted by molar-refractivity contribution is -0.123. The Labute approximate surface area is 172 Å². The lowest BCUT2D eigenvalue weighted by atomic mass is 10.1. The number of carbonyl (C=O) groups is 1. The van der Waals surface area contributed by atoms with E-state index in [1.165, 1.54) is 70.6 Å². The van der Waals surface area contributed by atoms with E-state index in [9.17, 15) is 4.79 Å². The summed E-state index contributed by atoms with van der Waals surface area (Å²) in [4.78, 5) is 12.0. The average molecular weight is 391 g/mol. The zero-order valence-corrected chi connectivity index (χ0v) is 18.0. The third-order valence-electron chi connectivity index (χ3n) is 5.08. The summed E-state index contributed by atoms with van der Waals surface area (Å²) >= 11 is 0. The molecular formula is C24H42N2O2. The van der Waals surface area contributed by atoms with Crippen LogP contribution in [0.25, 0.3) is 0 Å². The van der Waals surface area contributed by atoms with Crippen molar-refractivity contribution in [3.05, 3.63) is 35.9 Å². The van der Waals surface area contributed by atoms with Gasteiger partial charge < -0.3 is 15.8 Å². The fourth-order valence-electron chi connectivity index (χ4n) is 3.26. The number of hydrogen-bond acceptors (Lipinski definition) is 3. The standard InChI is InChI=1S/C24H42N2O2/c1-2-3-4-5-6-7-8-9-10-11-12-16-19-26-24(27)23(25)21-28-20-22-17-14-13-15-18-22/h13-15,17-18,23H,2-12,16,19-21,25H2,1H3,(H,26,27). The highest BCUT2D eigenvalue weighted by Gasteiger charge is 2.12. The lowest BCUT2D eigenvalue weighted by Gasteiger charge is -2.13. The number of unbranched alkanes of at least 4 members (excludes halogenated alkanes) is 11. The fraction of sp³-hybridized carbons (Fsp3) is 0.708. The quantitative estimate of drug-likeness (QED) is 0.332. The number of amides is 1. The van der Waals surface area contributed by atoms with Crippen LogP contribution in [0.4, 0.5) is 0 Å². The van der Waals surface area contributed by atoms with E-state index in [1.54, 1.807) is 0 Å². The molecule has 28 heavy (non-hydrogen) atoms. The van der Waals surface area contributed by atoms with E-state index in [-0.39, 0.29) is 12.5 Å². The minimum atomic E-state index is -0.596. The Kier molecular flexibility index (Phi) is 15.6. The molecular weight excluding hydrogens is 348 g/mol. The van der Waals surface area contributed by atoms with Gasteiger partial charge in [0, 0.05) is 6.54 Å². The first-order chi connectivity index (χ1) is 13.7. The first kappa shape index (κ1) is 24.6. The summed E-state index contributed by atoms with van der Waals surface area (Å²) in [6.07, 6.45) is 15.8. The molecule has 1 aromatic rings. The van der Waals surface area contributed by atoms with Crippen molar-refractivity contribution in [2.45, 2.75) is 96.6 Å². The molecule has 1 rings (SSSR count). The fourth-order valence-corrected chi connectivity index (χ4v) is 3.26. The number of ether oxygens (including phenoxy) is 1. The normalized spacial score (nSPS) is 12.1. The van der Waals surface area contributed by atoms with Crippen LogP contribution >= 0.6 is 0 Å². The number of nitrogens with one attached hydrogen (secondary N) is 1. The van der Waals surface area contributed by atoms with E-state index >= 15 is 0 Å². The van der Waals surface area contributed by atoms with Crippen LogP contribution in [0.5, 0.6) is 0 Å². The predicted octanol–water partition coefficient (Wildman–Crippen LogP) is 5.35. The molecule has 0 radical (unpaired) electrons. The maximum Gasteiger partial charge on any atom is 0.239 e. The highest BCUT2D eigenvalue weighted by molar-refractivity contribution is 5.81. The number of rotatable bonds is 18. The molecule has 4 heteroatoms. The van der Waals surface area contributed by atoms with E-state index in [0.717, 1.165) is 12.0 Å². The Balaban J connectivity index is 1.86. The molecule has 1 atom stereocenters. The van der Waals surface area contributed by atoms with Crippen molar-refractivity contribution in [1.82, 2.24) is 5.32 Å². The molecule has 0 saturated heterocycles. The van der Waals surface area contributed by atoms with Crippen molar-refractivity contribution in [2.75, 3.05) is 13.2 Å². The van der Waals surface area contributed by atoms with Gasteiger partial charge in [0.1, 0.15) is 6.04 Å². The third-order valence-corrected chi connectivity index (χ3v) is 5.08. The molecule has 1 unspecified atom stereocenters. The van der Waals surface area contributed by atoms with Crippen LogP contribution in [0, 0.1) is 0 Å². The van der Waals surface area contributed by atoms with E-state index in [1.807, 2.05) is 30.3 Å². The first-order valence-electron chi connectivity index (χ1n) is 11.4. The van der Waals surface area contributed by atoms with E-state index < -0.39 is 6.04 Å². The van der Waals surface area contributed by atoms with Gasteiger partial charge in [0.25, 0.3) is 0 Å². The van der Waals surface area contributed by atoms with Crippen LogP contribution in [0.15, 0.2) is 30.3 Å². The summed E-state index contributed by atoms with van der Waals surface area (Å²) in [5.41, 5.74) is 6.98. The minimum absolute atomic E-state index is 0.115. The smallest absolute Gasteiger partial charge is 0.239 e. The molecule has 4 nitrogen and oxygen atoms in total. The van der Waals surface area contributed by atoms with Crippen LogP contribution in [-0.2, 0) is 16.1 Å². The van der Waals surface area contributed by atoms with E-state index in [2.05, 4.69) is 12.2 Å². The van der Waals surface area contributed by atoms with Crippen LogP contribution in [0.3, 0.4) is 0 Å². The molecule has 0 aliphatic heterocycles. The lowest BCUT2D eigenvalue weighted by Crippen LogP contribution is -2.43. The molecule has 160 valence electrons. The van der Waals surface area contributed by atoms with Gasteiger partial charge in [-0.1, -0.05) is 108 Å². The largest absolute Gasteiger partial charge is 0.375 e. The molecule has 0 saturated carbocycles. The van der Waals surface area contributed by atoms with Crippen LogP contribution < -0.4 is 11.1 Å². The Morgan fingerprint density at radius 1 is 0.893 bits per heavy atom. The molecule has 3 N–H and O–H groups in total. The number of carbonyl (C=O) groups excluding carboxylic acids is 1. The van der Waals surface area contributed by atoms with E-state index in [0.29, 0.717) is 13.2 Å². The number of hydrogen-bond donors (Lipinski definition) is 2. The number of nitrogens with two attached hydrogens (primary N) is 1. The van der Waals surface area contributed by atoms with Crippen molar-refractivity contribution in [1.29, 1.82) is 0 Å². The van der Waals surface area contributed by atoms with Gasteiger partial charge in [-0.25, -0.2) is 0 Å². The Bertz CT molecular complexity index is 479. The second-order valence-electron chi connectivity index (χ2n) is 7.79. The van der Waals surface area contributed by atoms with Gasteiger partial charge in [-0.2, -0.15) is 0 Å². The van der Waals surface area contributed by atoms with Gasteiger partial charge in [0.2, 0.25) is 5.91 Å². The molecule has 0 spiro atoms. The third kappa shape index (κ3) is 13.7. The first-order valence-corrected chi connectivity index (χ1v) is 11.4. The molecule has 0 aliphatic carbocycles. The molecule has 0 bridgehead atoms. The average Bonchev–Trinajstić information content (AvgIpc) is 2.72. The maximum atomic E-state index is 12.0. The van der Waals surface area contributed by atoms with E-state index in [4.69, 9.17) is 10.5 Å². The Morgan fingerprint density at radius 3 is 2.00 bits per heavy atom. The molecule has 1 aromatic carbocycles. The van der Waals surface area contributed by atoms with Gasteiger partial charge in [0.05, 0.1) is 13.2 Å². The maximum absolute atomic E-state index is 12.0. The van der Waals surface area contributed by atoms with Crippen molar-refractivity contribution < 1.29 is 9.53 Å². The van der Waals surface area contributed by atoms with Crippen molar-refractivity contribution in [3.63, 3.8) is 0 Å². The summed E-state index contributed by atoms with van der Waals surface area (Å²) in [5.74, 6) is -0.115. The molecule has 0 heterocycles. The second-order valence-corrected chi connectivity index (χ2v) is 7.79. The summed E-state index contributed by atoms with van der Waals surface area (Å²) in [6, 6.07) is 9.32. The summed E-state index contributed by atoms with van der Waals surface area (Å²) in [6.45, 7) is 3.71. The van der Waals surface area contributed by atoms with Gasteiger partial charge in [-0.15, -0.1) is 0 Å². The highest BCUT2D eigenvalue weighted by Crippen LogP contribution is 2.11. The van der Waals surface area contributed by atoms with Crippen LogP contribution in [0.1, 0.15) is 89.5 Å². The SMILES string of the molecule is CCCCCCCCCCCCCCNC(=O)C(N)COCc1ccccc1. The highest BCUT2D eigenvalue weighted by atomic mass is 16.5. The van der Waals surface area contributed by atoms with Crippen molar-refractivity contribution >= 4 is 5.91 Å². The Hall–Kier alpha value is -1.39. The predicted molar refractivity (Wildman–Crippen MR) is 118 cm³/mol. The minimum Gasteiger partial charge on any atom is -0.375 e. The monoisotopic (exact) mass is 390 g/mol. The molecule has 0 aromatic heterocycles. The van der Waals surface area contributed by atoms with Gasteiger partial charge in [-0.05, 0) is 12.0 Å². The molecule has 0 fully saturated rings. The molecule has 1 amide bonds.